The highest BCUT2D eigenvalue weighted by Crippen LogP contribution is 2.30. The van der Waals surface area contributed by atoms with Gasteiger partial charge in [-0.2, -0.15) is 13.2 Å². The van der Waals surface area contributed by atoms with Crippen molar-refractivity contribution in [1.82, 2.24) is 4.90 Å². The van der Waals surface area contributed by atoms with Crippen molar-refractivity contribution in [3.8, 4) is 0 Å². The topological polar surface area (TPSA) is 32.3 Å². The summed E-state index contributed by atoms with van der Waals surface area (Å²) in [6.07, 6.45) is -4.36. The molecule has 0 aliphatic rings. The molecule has 3 nitrogen and oxygen atoms in total. The lowest BCUT2D eigenvalue weighted by Gasteiger charge is -2.20. The lowest BCUT2D eigenvalue weighted by atomic mass is 10.1. The Morgan fingerprint density at radius 2 is 1.65 bits per heavy atom. The van der Waals surface area contributed by atoms with Gasteiger partial charge in [0, 0.05) is 6.54 Å². The fourth-order valence-corrected chi connectivity index (χ4v) is 2.83. The molecule has 0 aliphatic carbocycles. The fraction of sp³-hybridized carbons (Fsp3) is 0.278. The first kappa shape index (κ1) is 20.6. The van der Waals surface area contributed by atoms with Gasteiger partial charge in [-0.05, 0) is 36.4 Å². The molecule has 2 aromatic rings. The standard InChI is InChI=1S/C18H17Cl2F3N2O/c1-2-25(10-12-6-8-13(9-7-12)18(21,22)23)11-16(26)24-17-14(19)4-3-5-15(17)20/h3-9H,2,10-11H2,1H3,(H,24,26). The predicted molar refractivity (Wildman–Crippen MR) is 97.5 cm³/mol. The van der Waals surface area contributed by atoms with Crippen molar-refractivity contribution in [2.75, 3.05) is 18.4 Å². The summed E-state index contributed by atoms with van der Waals surface area (Å²) in [6, 6.07) is 9.79. The minimum Gasteiger partial charge on any atom is -0.322 e. The maximum absolute atomic E-state index is 12.6. The second kappa shape index (κ2) is 8.75. The lowest BCUT2D eigenvalue weighted by Crippen LogP contribution is -2.32. The van der Waals surface area contributed by atoms with Crippen LogP contribution in [0.15, 0.2) is 42.5 Å². The molecule has 0 aromatic heterocycles. The van der Waals surface area contributed by atoms with Crippen molar-refractivity contribution in [3.63, 3.8) is 0 Å². The highest BCUT2D eigenvalue weighted by atomic mass is 35.5. The average Bonchev–Trinajstić information content (AvgIpc) is 2.57. The molecule has 1 N–H and O–H groups in total. The van der Waals surface area contributed by atoms with Gasteiger partial charge in [-0.3, -0.25) is 9.69 Å². The third-order valence-corrected chi connectivity index (χ3v) is 4.36. The number of nitrogens with one attached hydrogen (secondary N) is 1. The summed E-state index contributed by atoms with van der Waals surface area (Å²) >= 11 is 12.0. The third kappa shape index (κ3) is 5.62. The number of carbonyl (C=O) groups is 1. The van der Waals surface area contributed by atoms with Crippen molar-refractivity contribution in [2.45, 2.75) is 19.6 Å². The number of likely N-dealkylation sites (N-methyl/N-ethyl adjacent to an activating group) is 1. The number of para-hydroxylation sites is 1. The first-order valence-electron chi connectivity index (χ1n) is 7.83. The fourth-order valence-electron chi connectivity index (χ4n) is 2.34. The Bertz CT molecular complexity index is 744. The van der Waals surface area contributed by atoms with Gasteiger partial charge < -0.3 is 5.32 Å². The van der Waals surface area contributed by atoms with Crippen LogP contribution < -0.4 is 5.32 Å². The number of anilines is 1. The van der Waals surface area contributed by atoms with E-state index in [1.165, 1.54) is 12.1 Å². The summed E-state index contributed by atoms with van der Waals surface area (Å²) in [7, 11) is 0. The summed E-state index contributed by atoms with van der Waals surface area (Å²) < 4.78 is 37.8. The molecule has 0 saturated heterocycles. The summed E-state index contributed by atoms with van der Waals surface area (Å²) in [5.41, 5.74) is 0.324. The van der Waals surface area contributed by atoms with Gasteiger partial charge in [0.25, 0.3) is 0 Å². The molecule has 140 valence electrons. The number of rotatable bonds is 6. The van der Waals surface area contributed by atoms with Gasteiger partial charge in [-0.1, -0.05) is 48.3 Å². The second-order valence-corrected chi connectivity index (χ2v) is 6.46. The van der Waals surface area contributed by atoms with E-state index in [2.05, 4.69) is 5.32 Å². The molecular formula is C18H17Cl2F3N2O. The van der Waals surface area contributed by atoms with Crippen molar-refractivity contribution in [2.24, 2.45) is 0 Å². The van der Waals surface area contributed by atoms with Crippen LogP contribution in [0.3, 0.4) is 0 Å². The number of carbonyl (C=O) groups excluding carboxylic acids is 1. The van der Waals surface area contributed by atoms with Gasteiger partial charge in [0.1, 0.15) is 0 Å². The Balaban J connectivity index is 1.99. The molecule has 1 amide bonds. The monoisotopic (exact) mass is 404 g/mol. The molecule has 0 bridgehead atoms. The summed E-state index contributed by atoms with van der Waals surface area (Å²) in [4.78, 5) is 14.0. The average molecular weight is 405 g/mol. The van der Waals surface area contributed by atoms with Crippen LogP contribution in [0.4, 0.5) is 18.9 Å². The highest BCUT2D eigenvalue weighted by Gasteiger charge is 2.30. The first-order chi connectivity index (χ1) is 12.2. The van der Waals surface area contributed by atoms with Crippen LogP contribution in [0, 0.1) is 0 Å². The van der Waals surface area contributed by atoms with Crippen LogP contribution in [0.25, 0.3) is 0 Å². The summed E-state index contributed by atoms with van der Waals surface area (Å²) in [6.45, 7) is 2.81. The molecule has 2 rings (SSSR count). The maximum Gasteiger partial charge on any atom is 0.416 e. The minimum atomic E-state index is -4.36. The van der Waals surface area contributed by atoms with Gasteiger partial charge in [0.15, 0.2) is 0 Å². The molecule has 26 heavy (non-hydrogen) atoms. The molecule has 0 fully saturated rings. The number of alkyl halides is 3. The molecule has 2 aromatic carbocycles. The van der Waals surface area contributed by atoms with Crippen LogP contribution >= 0.6 is 23.2 Å². The van der Waals surface area contributed by atoms with Gasteiger partial charge in [0.05, 0.1) is 27.8 Å². The number of amides is 1. The third-order valence-electron chi connectivity index (χ3n) is 3.73. The van der Waals surface area contributed by atoms with E-state index in [0.717, 1.165) is 12.1 Å². The first-order valence-corrected chi connectivity index (χ1v) is 8.58. The van der Waals surface area contributed by atoms with E-state index in [1.54, 1.807) is 23.1 Å². The van der Waals surface area contributed by atoms with Gasteiger partial charge in [-0.15, -0.1) is 0 Å². The second-order valence-electron chi connectivity index (χ2n) is 5.64. The smallest absolute Gasteiger partial charge is 0.322 e. The van der Waals surface area contributed by atoms with Gasteiger partial charge in [-0.25, -0.2) is 0 Å². The highest BCUT2D eigenvalue weighted by molar-refractivity contribution is 6.39. The molecule has 8 heteroatoms. The van der Waals surface area contributed by atoms with Crippen molar-refractivity contribution < 1.29 is 18.0 Å². The van der Waals surface area contributed by atoms with Gasteiger partial charge >= 0.3 is 6.18 Å². The van der Waals surface area contributed by atoms with E-state index in [4.69, 9.17) is 23.2 Å². The van der Waals surface area contributed by atoms with Crippen LogP contribution in [-0.4, -0.2) is 23.9 Å². The molecule has 0 aliphatic heterocycles. The Labute approximate surface area is 159 Å². The zero-order chi connectivity index (χ0) is 19.3. The number of hydrogen-bond donors (Lipinski definition) is 1. The zero-order valence-corrected chi connectivity index (χ0v) is 15.4. The zero-order valence-electron chi connectivity index (χ0n) is 13.9. The maximum atomic E-state index is 12.6. The Morgan fingerprint density at radius 1 is 1.08 bits per heavy atom. The van der Waals surface area contributed by atoms with Crippen molar-refractivity contribution >= 4 is 34.8 Å². The van der Waals surface area contributed by atoms with Gasteiger partial charge in [0.2, 0.25) is 5.91 Å². The largest absolute Gasteiger partial charge is 0.416 e. The van der Waals surface area contributed by atoms with Crippen LogP contribution in [0.2, 0.25) is 10.0 Å². The summed E-state index contributed by atoms with van der Waals surface area (Å²) in [5.74, 6) is -0.311. The minimum absolute atomic E-state index is 0.0546. The molecule has 0 radical (unpaired) electrons. The van der Waals surface area contributed by atoms with E-state index in [-0.39, 0.29) is 12.5 Å². The number of nitrogens with zero attached hydrogens (tertiary/aromatic N) is 1. The Kier molecular flexibility index (Phi) is 6.92. The molecule has 0 unspecified atom stereocenters. The van der Waals surface area contributed by atoms with E-state index in [9.17, 15) is 18.0 Å². The van der Waals surface area contributed by atoms with Crippen molar-refractivity contribution in [3.05, 3.63) is 63.6 Å². The number of benzene rings is 2. The van der Waals surface area contributed by atoms with Crippen LogP contribution in [0.1, 0.15) is 18.1 Å². The summed E-state index contributed by atoms with van der Waals surface area (Å²) in [5, 5.41) is 3.33. The van der Waals surface area contributed by atoms with Crippen LogP contribution in [0.5, 0.6) is 0 Å². The SMILES string of the molecule is CCN(CC(=O)Nc1c(Cl)cccc1Cl)Cc1ccc(C(F)(F)F)cc1. The molecule has 0 heterocycles. The quantitative estimate of drug-likeness (QED) is 0.691. The molecule has 0 atom stereocenters. The number of hydrogen-bond acceptors (Lipinski definition) is 2. The van der Waals surface area contributed by atoms with E-state index in [0.29, 0.717) is 34.4 Å². The van der Waals surface area contributed by atoms with E-state index in [1.807, 2.05) is 6.92 Å². The van der Waals surface area contributed by atoms with E-state index >= 15 is 0 Å². The molecule has 0 saturated carbocycles. The Morgan fingerprint density at radius 3 is 2.15 bits per heavy atom. The molecule has 0 spiro atoms. The van der Waals surface area contributed by atoms with E-state index < -0.39 is 11.7 Å². The molecular weight excluding hydrogens is 388 g/mol. The Hall–Kier alpha value is -1.76. The predicted octanol–water partition coefficient (Wildman–Crippen LogP) is 5.47. The number of halogens is 5. The lowest BCUT2D eigenvalue weighted by molar-refractivity contribution is -0.137. The van der Waals surface area contributed by atoms with Crippen molar-refractivity contribution in [1.29, 1.82) is 0 Å². The normalized spacial score (nSPS) is 11.7. The van der Waals surface area contributed by atoms with Crippen LogP contribution in [-0.2, 0) is 17.5 Å².